The van der Waals surface area contributed by atoms with Gasteiger partial charge in [-0.3, -0.25) is 4.79 Å². The fourth-order valence-corrected chi connectivity index (χ4v) is 2.29. The van der Waals surface area contributed by atoms with Gasteiger partial charge in [0.15, 0.2) is 0 Å². The van der Waals surface area contributed by atoms with E-state index >= 15 is 0 Å². The van der Waals surface area contributed by atoms with Crippen LogP contribution in [-0.4, -0.2) is 21.7 Å². The van der Waals surface area contributed by atoms with Crippen LogP contribution in [0.3, 0.4) is 0 Å². The van der Waals surface area contributed by atoms with Gasteiger partial charge < -0.3 is 5.32 Å². The average molecular weight is 310 g/mol. The summed E-state index contributed by atoms with van der Waals surface area (Å²) in [6.07, 6.45) is 3.70. The van der Waals surface area contributed by atoms with Gasteiger partial charge >= 0.3 is 0 Å². The number of hydrogen-bond donors (Lipinski definition) is 1. The number of nitrogens with zero attached hydrogens (tertiary/aromatic N) is 2. The summed E-state index contributed by atoms with van der Waals surface area (Å²) >= 11 is 11.9. The predicted molar refractivity (Wildman–Crippen MR) is 78.8 cm³/mol. The maximum Gasteiger partial charge on any atom is 0.254 e. The highest BCUT2D eigenvalue weighted by atomic mass is 35.5. The minimum absolute atomic E-state index is 0.0729. The molecule has 1 amide bonds. The molecule has 104 valence electrons. The summed E-state index contributed by atoms with van der Waals surface area (Å²) in [7, 11) is 0. The SMILES string of the molecule is Cc1c(C(=O)NC2CC2)cnn1-c1ccc(Cl)c(Cl)c1. The van der Waals surface area contributed by atoms with Gasteiger partial charge in [-0.25, -0.2) is 4.68 Å². The van der Waals surface area contributed by atoms with E-state index in [0.717, 1.165) is 24.2 Å². The maximum atomic E-state index is 12.1. The number of hydrogen-bond acceptors (Lipinski definition) is 2. The number of nitrogens with one attached hydrogen (secondary N) is 1. The molecular weight excluding hydrogens is 297 g/mol. The summed E-state index contributed by atoms with van der Waals surface area (Å²) in [6.45, 7) is 1.86. The lowest BCUT2D eigenvalue weighted by atomic mass is 10.2. The molecule has 1 fully saturated rings. The molecule has 1 N–H and O–H groups in total. The van der Waals surface area contributed by atoms with Gasteiger partial charge in [0.05, 0.1) is 33.2 Å². The summed E-state index contributed by atoms with van der Waals surface area (Å²) < 4.78 is 1.68. The molecule has 4 nitrogen and oxygen atoms in total. The molecule has 1 aromatic heterocycles. The Bertz CT molecular complexity index is 677. The normalized spacial score (nSPS) is 14.3. The van der Waals surface area contributed by atoms with Gasteiger partial charge in [0.1, 0.15) is 0 Å². The lowest BCUT2D eigenvalue weighted by Gasteiger charge is -2.07. The highest BCUT2D eigenvalue weighted by molar-refractivity contribution is 6.42. The molecule has 1 aliphatic rings. The molecule has 1 heterocycles. The van der Waals surface area contributed by atoms with Crippen molar-refractivity contribution >= 4 is 29.1 Å². The molecule has 0 spiro atoms. The summed E-state index contributed by atoms with van der Waals surface area (Å²) in [5.41, 5.74) is 2.15. The first-order valence-electron chi connectivity index (χ1n) is 6.37. The van der Waals surface area contributed by atoms with Crippen LogP contribution in [0.1, 0.15) is 28.9 Å². The van der Waals surface area contributed by atoms with Gasteiger partial charge in [0, 0.05) is 6.04 Å². The zero-order valence-electron chi connectivity index (χ0n) is 10.9. The van der Waals surface area contributed by atoms with E-state index in [1.54, 1.807) is 23.0 Å². The first-order chi connectivity index (χ1) is 9.56. The zero-order chi connectivity index (χ0) is 14.3. The minimum Gasteiger partial charge on any atom is -0.349 e. The van der Waals surface area contributed by atoms with Gasteiger partial charge in [0.2, 0.25) is 0 Å². The average Bonchev–Trinajstić information content (AvgIpc) is 3.13. The molecule has 20 heavy (non-hydrogen) atoms. The van der Waals surface area contributed by atoms with E-state index in [2.05, 4.69) is 10.4 Å². The zero-order valence-corrected chi connectivity index (χ0v) is 12.4. The summed E-state index contributed by atoms with van der Waals surface area (Å²) in [5.74, 6) is -0.0729. The molecule has 0 radical (unpaired) electrons. The fourth-order valence-electron chi connectivity index (χ4n) is 2.00. The summed E-state index contributed by atoms with van der Waals surface area (Å²) in [6, 6.07) is 5.59. The van der Waals surface area contributed by atoms with Crippen LogP contribution >= 0.6 is 23.2 Å². The Labute approximate surface area is 126 Å². The topological polar surface area (TPSA) is 46.9 Å². The van der Waals surface area contributed by atoms with E-state index in [4.69, 9.17) is 23.2 Å². The van der Waals surface area contributed by atoms with Crippen molar-refractivity contribution in [3.8, 4) is 5.69 Å². The number of amides is 1. The van der Waals surface area contributed by atoms with Gasteiger partial charge in [-0.1, -0.05) is 23.2 Å². The first-order valence-corrected chi connectivity index (χ1v) is 7.13. The quantitative estimate of drug-likeness (QED) is 0.944. The molecule has 1 aliphatic carbocycles. The first kappa shape index (κ1) is 13.5. The Hall–Kier alpha value is -1.52. The molecule has 1 saturated carbocycles. The van der Waals surface area contributed by atoms with Gasteiger partial charge in [-0.15, -0.1) is 0 Å². The standard InChI is InChI=1S/C14H13Cl2N3O/c1-8-11(14(20)18-9-2-3-9)7-17-19(8)10-4-5-12(15)13(16)6-10/h4-7,9H,2-3H2,1H3,(H,18,20). The molecular formula is C14H13Cl2N3O. The van der Waals surface area contributed by atoms with Crippen LogP contribution in [0, 0.1) is 6.92 Å². The number of rotatable bonds is 3. The van der Waals surface area contributed by atoms with Crippen LogP contribution in [0.15, 0.2) is 24.4 Å². The predicted octanol–water partition coefficient (Wildman–Crippen LogP) is 3.38. The highest BCUT2D eigenvalue weighted by Crippen LogP contribution is 2.25. The third-order valence-corrected chi connectivity index (χ3v) is 4.05. The van der Waals surface area contributed by atoms with Crippen molar-refractivity contribution in [3.63, 3.8) is 0 Å². The Morgan fingerprint density at radius 1 is 1.35 bits per heavy atom. The van der Waals surface area contributed by atoms with Crippen molar-refractivity contribution < 1.29 is 4.79 Å². The van der Waals surface area contributed by atoms with E-state index in [0.29, 0.717) is 21.7 Å². The van der Waals surface area contributed by atoms with Crippen LogP contribution < -0.4 is 5.32 Å². The molecule has 0 aliphatic heterocycles. The van der Waals surface area contributed by atoms with E-state index in [1.165, 1.54) is 0 Å². The number of benzene rings is 1. The largest absolute Gasteiger partial charge is 0.349 e. The van der Waals surface area contributed by atoms with Crippen molar-refractivity contribution in [2.24, 2.45) is 0 Å². The molecule has 1 aromatic carbocycles. The van der Waals surface area contributed by atoms with Crippen LogP contribution in [0.25, 0.3) is 5.69 Å². The Morgan fingerprint density at radius 3 is 2.75 bits per heavy atom. The number of halogens is 2. The molecule has 6 heteroatoms. The second-order valence-corrected chi connectivity index (χ2v) is 5.72. The van der Waals surface area contributed by atoms with Gasteiger partial charge in [-0.2, -0.15) is 5.10 Å². The lowest BCUT2D eigenvalue weighted by molar-refractivity contribution is 0.0950. The van der Waals surface area contributed by atoms with E-state index < -0.39 is 0 Å². The lowest BCUT2D eigenvalue weighted by Crippen LogP contribution is -2.25. The Kier molecular flexibility index (Phi) is 3.44. The Morgan fingerprint density at radius 2 is 2.10 bits per heavy atom. The monoisotopic (exact) mass is 309 g/mol. The van der Waals surface area contributed by atoms with Crippen molar-refractivity contribution in [1.29, 1.82) is 0 Å². The van der Waals surface area contributed by atoms with Crippen LogP contribution in [0.4, 0.5) is 0 Å². The van der Waals surface area contributed by atoms with Crippen molar-refractivity contribution in [1.82, 2.24) is 15.1 Å². The molecule has 0 atom stereocenters. The molecule has 0 saturated heterocycles. The highest BCUT2D eigenvalue weighted by Gasteiger charge is 2.25. The van der Waals surface area contributed by atoms with Gasteiger partial charge in [0.25, 0.3) is 5.91 Å². The van der Waals surface area contributed by atoms with E-state index in [-0.39, 0.29) is 5.91 Å². The van der Waals surface area contributed by atoms with Crippen molar-refractivity contribution in [2.45, 2.75) is 25.8 Å². The maximum absolute atomic E-state index is 12.1. The van der Waals surface area contributed by atoms with Crippen molar-refractivity contribution in [3.05, 3.63) is 45.7 Å². The van der Waals surface area contributed by atoms with Gasteiger partial charge in [-0.05, 0) is 38.0 Å². The van der Waals surface area contributed by atoms with Crippen molar-refractivity contribution in [2.75, 3.05) is 0 Å². The second kappa shape index (κ2) is 5.11. The molecule has 0 bridgehead atoms. The molecule has 3 rings (SSSR count). The third kappa shape index (κ3) is 2.53. The van der Waals surface area contributed by atoms with E-state index in [9.17, 15) is 4.79 Å². The third-order valence-electron chi connectivity index (χ3n) is 3.31. The summed E-state index contributed by atoms with van der Waals surface area (Å²) in [4.78, 5) is 12.1. The minimum atomic E-state index is -0.0729. The molecule has 0 unspecified atom stereocenters. The number of carbonyl (C=O) groups is 1. The second-order valence-electron chi connectivity index (χ2n) is 4.90. The molecule has 2 aromatic rings. The summed E-state index contributed by atoms with van der Waals surface area (Å²) in [5, 5.41) is 8.17. The number of aromatic nitrogens is 2. The van der Waals surface area contributed by atoms with E-state index in [1.807, 2.05) is 13.0 Å². The number of carbonyl (C=O) groups excluding carboxylic acids is 1. The Balaban J connectivity index is 1.92. The fraction of sp³-hybridized carbons (Fsp3) is 0.286. The smallest absolute Gasteiger partial charge is 0.254 e. The van der Waals surface area contributed by atoms with Crippen LogP contribution in [-0.2, 0) is 0 Å². The van der Waals surface area contributed by atoms with Crippen LogP contribution in [0.2, 0.25) is 10.0 Å². The van der Waals surface area contributed by atoms with Crippen LogP contribution in [0.5, 0.6) is 0 Å².